The first-order valence-corrected chi connectivity index (χ1v) is 8.42. The van der Waals surface area contributed by atoms with Crippen molar-refractivity contribution in [3.63, 3.8) is 0 Å². The van der Waals surface area contributed by atoms with Crippen LogP contribution in [0.15, 0.2) is 59.0 Å². The van der Waals surface area contributed by atoms with Crippen molar-refractivity contribution < 1.29 is 18.3 Å². The molecule has 0 radical (unpaired) electrons. The van der Waals surface area contributed by atoms with Crippen molar-refractivity contribution in [3.05, 3.63) is 66.2 Å². The van der Waals surface area contributed by atoms with Gasteiger partial charge in [0, 0.05) is 12.4 Å². The molecule has 0 saturated heterocycles. The largest absolute Gasteiger partial charge is 0.489 e. The summed E-state index contributed by atoms with van der Waals surface area (Å²) in [6, 6.07) is 15.3. The second-order valence-electron chi connectivity index (χ2n) is 5.98. The smallest absolute Gasteiger partial charge is 0.317 e. The number of fused-ring (bicyclic) bond motifs is 1. The molecule has 0 aliphatic heterocycles. The Morgan fingerprint density at radius 2 is 1.96 bits per heavy atom. The van der Waals surface area contributed by atoms with Gasteiger partial charge in [-0.25, -0.2) is 9.18 Å². The monoisotopic (exact) mass is 356 g/mol. The molecule has 0 fully saturated rings. The maximum atomic E-state index is 13.5. The molecule has 1 unspecified atom stereocenters. The number of rotatable bonds is 6. The molecule has 1 heterocycles. The van der Waals surface area contributed by atoms with Crippen LogP contribution in [0.2, 0.25) is 0 Å². The molecular formula is C20H21FN2O3. The standard InChI is InChI=1S/C20H21FN2O3/c1-14(19-13-15-7-3-5-9-17(15)26-19)23(2)20(24)22-11-12-25-18-10-6-4-8-16(18)21/h3-10,13-14H,11-12H2,1-2H3,(H,22,24). The van der Waals surface area contributed by atoms with Crippen LogP contribution in [0.1, 0.15) is 18.7 Å². The minimum Gasteiger partial charge on any atom is -0.489 e. The Morgan fingerprint density at radius 3 is 2.73 bits per heavy atom. The third-order valence-corrected chi connectivity index (χ3v) is 4.23. The number of carbonyl (C=O) groups is 1. The molecular weight excluding hydrogens is 335 g/mol. The van der Waals surface area contributed by atoms with Gasteiger partial charge < -0.3 is 19.4 Å². The van der Waals surface area contributed by atoms with E-state index < -0.39 is 5.82 Å². The fourth-order valence-electron chi connectivity index (χ4n) is 2.58. The van der Waals surface area contributed by atoms with E-state index in [1.807, 2.05) is 37.3 Å². The lowest BCUT2D eigenvalue weighted by atomic mass is 10.2. The minimum atomic E-state index is -0.422. The van der Waals surface area contributed by atoms with Gasteiger partial charge in [-0.15, -0.1) is 0 Å². The normalized spacial score (nSPS) is 12.0. The van der Waals surface area contributed by atoms with Crippen LogP contribution in [-0.4, -0.2) is 31.1 Å². The van der Waals surface area contributed by atoms with Crippen molar-refractivity contribution in [2.24, 2.45) is 0 Å². The zero-order chi connectivity index (χ0) is 18.5. The molecule has 0 saturated carbocycles. The summed E-state index contributed by atoms with van der Waals surface area (Å²) in [5.41, 5.74) is 0.793. The van der Waals surface area contributed by atoms with Crippen molar-refractivity contribution in [1.82, 2.24) is 10.2 Å². The predicted molar refractivity (Wildman–Crippen MR) is 97.7 cm³/mol. The number of urea groups is 1. The number of ether oxygens (including phenoxy) is 1. The van der Waals surface area contributed by atoms with E-state index in [1.165, 1.54) is 6.07 Å². The molecule has 6 heteroatoms. The van der Waals surface area contributed by atoms with Gasteiger partial charge in [-0.2, -0.15) is 0 Å². The molecule has 136 valence electrons. The van der Waals surface area contributed by atoms with E-state index >= 15 is 0 Å². The van der Waals surface area contributed by atoms with E-state index in [0.717, 1.165) is 11.0 Å². The first-order valence-electron chi connectivity index (χ1n) is 8.42. The molecule has 3 rings (SSSR count). The third kappa shape index (κ3) is 3.96. The molecule has 0 spiro atoms. The quantitative estimate of drug-likeness (QED) is 0.668. The summed E-state index contributed by atoms with van der Waals surface area (Å²) in [5.74, 6) is 0.464. The number of para-hydroxylation sites is 2. The van der Waals surface area contributed by atoms with Crippen LogP contribution in [0, 0.1) is 5.82 Å². The Hall–Kier alpha value is -3.02. The zero-order valence-corrected chi connectivity index (χ0v) is 14.7. The van der Waals surface area contributed by atoms with Crippen LogP contribution in [0.4, 0.5) is 9.18 Å². The predicted octanol–water partition coefficient (Wildman–Crippen LogP) is 4.35. The van der Waals surface area contributed by atoms with Gasteiger partial charge in [-0.05, 0) is 31.2 Å². The van der Waals surface area contributed by atoms with E-state index in [-0.39, 0.29) is 31.0 Å². The highest BCUT2D eigenvalue weighted by atomic mass is 19.1. The molecule has 2 aromatic carbocycles. The number of benzene rings is 2. The maximum Gasteiger partial charge on any atom is 0.317 e. The lowest BCUT2D eigenvalue weighted by Crippen LogP contribution is -2.40. The van der Waals surface area contributed by atoms with Crippen molar-refractivity contribution in [2.45, 2.75) is 13.0 Å². The fourth-order valence-corrected chi connectivity index (χ4v) is 2.58. The summed E-state index contributed by atoms with van der Waals surface area (Å²) in [7, 11) is 1.70. The lowest BCUT2D eigenvalue weighted by Gasteiger charge is -2.23. The van der Waals surface area contributed by atoms with Gasteiger partial charge in [-0.3, -0.25) is 0 Å². The van der Waals surface area contributed by atoms with E-state index in [1.54, 1.807) is 30.1 Å². The Morgan fingerprint density at radius 1 is 1.23 bits per heavy atom. The maximum absolute atomic E-state index is 13.5. The van der Waals surface area contributed by atoms with Crippen LogP contribution in [-0.2, 0) is 0 Å². The number of nitrogens with one attached hydrogen (secondary N) is 1. The van der Waals surface area contributed by atoms with Crippen molar-refractivity contribution >= 4 is 17.0 Å². The van der Waals surface area contributed by atoms with Crippen LogP contribution < -0.4 is 10.1 Å². The molecule has 1 atom stereocenters. The van der Waals surface area contributed by atoms with Gasteiger partial charge in [0.15, 0.2) is 11.6 Å². The molecule has 5 nitrogen and oxygen atoms in total. The van der Waals surface area contributed by atoms with Crippen LogP contribution in [0.25, 0.3) is 11.0 Å². The Labute approximate surface area is 151 Å². The highest BCUT2D eigenvalue weighted by molar-refractivity contribution is 5.78. The van der Waals surface area contributed by atoms with E-state index in [0.29, 0.717) is 5.76 Å². The number of amides is 2. The number of nitrogens with zero attached hydrogens (tertiary/aromatic N) is 1. The number of carbonyl (C=O) groups excluding carboxylic acids is 1. The molecule has 0 aliphatic rings. The van der Waals surface area contributed by atoms with E-state index in [4.69, 9.17) is 9.15 Å². The van der Waals surface area contributed by atoms with Gasteiger partial charge in [0.25, 0.3) is 0 Å². The van der Waals surface area contributed by atoms with Crippen molar-refractivity contribution in [3.8, 4) is 5.75 Å². The topological polar surface area (TPSA) is 54.7 Å². The summed E-state index contributed by atoms with van der Waals surface area (Å²) >= 11 is 0. The first kappa shape index (κ1) is 17.8. The van der Waals surface area contributed by atoms with Crippen LogP contribution in [0.3, 0.4) is 0 Å². The van der Waals surface area contributed by atoms with Gasteiger partial charge >= 0.3 is 6.03 Å². The summed E-state index contributed by atoms with van der Waals surface area (Å²) < 4.78 is 24.6. The fraction of sp³-hybridized carbons (Fsp3) is 0.250. The SMILES string of the molecule is CC(c1cc2ccccc2o1)N(C)C(=O)NCCOc1ccccc1F. The molecule has 1 N–H and O–H groups in total. The van der Waals surface area contributed by atoms with Gasteiger partial charge in [0.2, 0.25) is 0 Å². The Kier molecular flexibility index (Phi) is 5.41. The van der Waals surface area contributed by atoms with Crippen LogP contribution >= 0.6 is 0 Å². The number of hydrogen-bond donors (Lipinski definition) is 1. The highest BCUT2D eigenvalue weighted by Crippen LogP contribution is 2.26. The first-order chi connectivity index (χ1) is 12.6. The van der Waals surface area contributed by atoms with E-state index in [9.17, 15) is 9.18 Å². The summed E-state index contributed by atoms with van der Waals surface area (Å²) in [6.07, 6.45) is 0. The minimum absolute atomic E-state index is 0.172. The molecule has 0 aliphatic carbocycles. The Bertz CT molecular complexity index is 860. The van der Waals surface area contributed by atoms with Crippen LogP contribution in [0.5, 0.6) is 5.75 Å². The summed E-state index contributed by atoms with van der Waals surface area (Å²) in [5, 5.41) is 3.76. The molecule has 26 heavy (non-hydrogen) atoms. The van der Waals surface area contributed by atoms with Crippen molar-refractivity contribution in [1.29, 1.82) is 0 Å². The average molecular weight is 356 g/mol. The second kappa shape index (κ2) is 7.91. The summed E-state index contributed by atoms with van der Waals surface area (Å²) in [4.78, 5) is 13.9. The van der Waals surface area contributed by atoms with Gasteiger partial charge in [0.1, 0.15) is 18.0 Å². The van der Waals surface area contributed by atoms with Gasteiger partial charge in [-0.1, -0.05) is 30.3 Å². The number of furan rings is 1. The average Bonchev–Trinajstić information content (AvgIpc) is 3.09. The Balaban J connectivity index is 1.51. The van der Waals surface area contributed by atoms with E-state index in [2.05, 4.69) is 5.32 Å². The van der Waals surface area contributed by atoms with Crippen molar-refractivity contribution in [2.75, 3.05) is 20.2 Å². The number of hydrogen-bond acceptors (Lipinski definition) is 3. The molecule has 0 bridgehead atoms. The third-order valence-electron chi connectivity index (χ3n) is 4.23. The lowest BCUT2D eigenvalue weighted by molar-refractivity contribution is 0.185. The molecule has 3 aromatic rings. The number of halogens is 1. The summed E-state index contributed by atoms with van der Waals surface area (Å²) in [6.45, 7) is 2.34. The molecule has 2 amide bonds. The molecule has 1 aromatic heterocycles. The second-order valence-corrected chi connectivity index (χ2v) is 5.98. The highest BCUT2D eigenvalue weighted by Gasteiger charge is 2.20. The zero-order valence-electron chi connectivity index (χ0n) is 14.7. The van der Waals surface area contributed by atoms with Gasteiger partial charge in [0.05, 0.1) is 12.6 Å².